The number of amides is 1. The summed E-state index contributed by atoms with van der Waals surface area (Å²) in [5, 5.41) is 4.10. The molecule has 0 bridgehead atoms. The predicted molar refractivity (Wildman–Crippen MR) is 108 cm³/mol. The first-order chi connectivity index (χ1) is 14.0. The first-order valence-corrected chi connectivity index (χ1v) is 9.43. The minimum atomic E-state index is -0.135. The maximum Gasteiger partial charge on any atom is 0.232 e. The lowest BCUT2D eigenvalue weighted by atomic mass is 10.1. The summed E-state index contributed by atoms with van der Waals surface area (Å²) >= 11 is 0. The fourth-order valence-electron chi connectivity index (χ4n) is 3.72. The maximum atomic E-state index is 12.6. The number of rotatable bonds is 5. The molecular formula is C22H23N3O4. The summed E-state index contributed by atoms with van der Waals surface area (Å²) in [5.41, 5.74) is 3.93. The largest absolute Gasteiger partial charge is 0.493 e. The van der Waals surface area contributed by atoms with Crippen LogP contribution < -0.4 is 14.4 Å². The van der Waals surface area contributed by atoms with Gasteiger partial charge in [0.05, 0.1) is 20.1 Å². The van der Waals surface area contributed by atoms with Crippen LogP contribution in [0.3, 0.4) is 0 Å². The summed E-state index contributed by atoms with van der Waals surface area (Å²) in [6, 6.07) is 11.6. The first kappa shape index (κ1) is 19.0. The van der Waals surface area contributed by atoms with Gasteiger partial charge < -0.3 is 18.9 Å². The predicted octanol–water partition coefficient (Wildman–Crippen LogP) is 3.89. The van der Waals surface area contributed by atoms with E-state index in [-0.39, 0.29) is 11.8 Å². The van der Waals surface area contributed by atoms with Gasteiger partial charge in [-0.25, -0.2) is 0 Å². The van der Waals surface area contributed by atoms with Crippen LogP contribution in [0.5, 0.6) is 11.5 Å². The molecule has 3 aromatic rings. The van der Waals surface area contributed by atoms with E-state index in [9.17, 15) is 4.79 Å². The molecule has 7 nitrogen and oxygen atoms in total. The van der Waals surface area contributed by atoms with Crippen molar-refractivity contribution >= 4 is 11.6 Å². The number of anilines is 1. The molecule has 1 aliphatic heterocycles. The lowest BCUT2D eigenvalue weighted by Gasteiger charge is -2.17. The Labute approximate surface area is 169 Å². The van der Waals surface area contributed by atoms with E-state index >= 15 is 0 Å². The summed E-state index contributed by atoms with van der Waals surface area (Å²) < 4.78 is 16.1. The van der Waals surface area contributed by atoms with Gasteiger partial charge in [-0.15, -0.1) is 0 Å². The minimum Gasteiger partial charge on any atom is -0.493 e. The Morgan fingerprint density at radius 1 is 1.03 bits per heavy atom. The van der Waals surface area contributed by atoms with Gasteiger partial charge in [0.1, 0.15) is 0 Å². The third kappa shape index (κ3) is 3.68. The highest BCUT2D eigenvalue weighted by molar-refractivity contribution is 5.96. The first-order valence-electron chi connectivity index (χ1n) is 9.43. The van der Waals surface area contributed by atoms with Crippen molar-refractivity contribution in [1.82, 2.24) is 10.1 Å². The zero-order valence-corrected chi connectivity index (χ0v) is 16.9. The van der Waals surface area contributed by atoms with Crippen LogP contribution in [-0.4, -0.2) is 36.8 Å². The zero-order chi connectivity index (χ0) is 20.5. The lowest BCUT2D eigenvalue weighted by molar-refractivity contribution is -0.117. The third-order valence-corrected chi connectivity index (χ3v) is 5.08. The molecule has 0 N–H and O–H groups in total. The summed E-state index contributed by atoms with van der Waals surface area (Å²) in [5.74, 6) is 2.07. The smallest absolute Gasteiger partial charge is 0.232 e. The van der Waals surface area contributed by atoms with Crippen molar-refractivity contribution in [3.63, 3.8) is 0 Å². The molecule has 0 radical (unpaired) electrons. The molecule has 0 spiro atoms. The molecular weight excluding hydrogens is 370 g/mol. The molecule has 1 unspecified atom stereocenters. The van der Waals surface area contributed by atoms with Crippen molar-refractivity contribution in [2.75, 3.05) is 25.7 Å². The van der Waals surface area contributed by atoms with Crippen LogP contribution in [-0.2, 0) is 4.79 Å². The molecule has 1 amide bonds. The highest BCUT2D eigenvalue weighted by Crippen LogP contribution is 2.34. The van der Waals surface area contributed by atoms with E-state index < -0.39 is 0 Å². The monoisotopic (exact) mass is 393 g/mol. The second-order valence-corrected chi connectivity index (χ2v) is 7.28. The van der Waals surface area contributed by atoms with Crippen molar-refractivity contribution in [3.8, 4) is 22.9 Å². The van der Waals surface area contributed by atoms with Crippen molar-refractivity contribution in [1.29, 1.82) is 0 Å². The average Bonchev–Trinajstić information content (AvgIpc) is 3.33. The molecule has 150 valence electrons. The zero-order valence-electron chi connectivity index (χ0n) is 16.9. The fourth-order valence-corrected chi connectivity index (χ4v) is 3.72. The molecule has 29 heavy (non-hydrogen) atoms. The standard InChI is InChI=1S/C22H23N3O4/c1-13-7-14(2)9-17(8-13)25-12-16(11-20(25)26)22-23-21(24-29-22)15-5-6-18(27-3)19(10-15)28-4/h5-10,16H,11-12H2,1-4H3. The maximum absolute atomic E-state index is 12.6. The third-order valence-electron chi connectivity index (χ3n) is 5.08. The lowest BCUT2D eigenvalue weighted by Crippen LogP contribution is -2.24. The number of ether oxygens (including phenoxy) is 2. The SMILES string of the molecule is COc1ccc(-c2noc(C3CC(=O)N(c4cc(C)cc(C)c4)C3)n2)cc1OC. The van der Waals surface area contributed by atoms with Crippen LogP contribution >= 0.6 is 0 Å². The van der Waals surface area contributed by atoms with E-state index in [1.807, 2.05) is 32.0 Å². The number of methoxy groups -OCH3 is 2. The van der Waals surface area contributed by atoms with Crippen LogP contribution in [0, 0.1) is 13.8 Å². The summed E-state index contributed by atoms with van der Waals surface area (Å²) in [6.07, 6.45) is 0.348. The van der Waals surface area contributed by atoms with Crippen molar-refractivity contribution < 1.29 is 18.8 Å². The second-order valence-electron chi connectivity index (χ2n) is 7.28. The van der Waals surface area contributed by atoms with Crippen LogP contribution in [0.2, 0.25) is 0 Å². The quantitative estimate of drug-likeness (QED) is 0.654. The average molecular weight is 393 g/mol. The molecule has 1 fully saturated rings. The van der Waals surface area contributed by atoms with Gasteiger partial charge >= 0.3 is 0 Å². The van der Waals surface area contributed by atoms with Crippen LogP contribution in [0.1, 0.15) is 29.4 Å². The van der Waals surface area contributed by atoms with Crippen LogP contribution in [0.25, 0.3) is 11.4 Å². The van der Waals surface area contributed by atoms with Gasteiger partial charge in [-0.1, -0.05) is 11.2 Å². The molecule has 1 atom stereocenters. The number of carbonyl (C=O) groups is 1. The molecule has 1 saturated heterocycles. The Morgan fingerprint density at radius 2 is 1.76 bits per heavy atom. The number of hydrogen-bond donors (Lipinski definition) is 0. The topological polar surface area (TPSA) is 77.7 Å². The van der Waals surface area contributed by atoms with Gasteiger partial charge in [0.15, 0.2) is 11.5 Å². The number of carbonyl (C=O) groups excluding carboxylic acids is 1. The van der Waals surface area contributed by atoms with Gasteiger partial charge in [-0.05, 0) is 55.3 Å². The highest BCUT2D eigenvalue weighted by Gasteiger charge is 2.35. The number of benzene rings is 2. The molecule has 2 aromatic carbocycles. The van der Waals surface area contributed by atoms with Gasteiger partial charge in [0.2, 0.25) is 17.6 Å². The van der Waals surface area contributed by atoms with Gasteiger partial charge in [0.25, 0.3) is 0 Å². The van der Waals surface area contributed by atoms with Crippen molar-refractivity contribution in [2.45, 2.75) is 26.2 Å². The second kappa shape index (κ2) is 7.58. The van der Waals surface area contributed by atoms with Crippen LogP contribution in [0.4, 0.5) is 5.69 Å². The van der Waals surface area contributed by atoms with Crippen molar-refractivity contribution in [3.05, 3.63) is 53.4 Å². The molecule has 0 aliphatic carbocycles. The van der Waals surface area contributed by atoms with E-state index in [0.29, 0.717) is 36.2 Å². The van der Waals surface area contributed by atoms with E-state index in [0.717, 1.165) is 22.4 Å². The Kier molecular flexibility index (Phi) is 4.96. The molecule has 0 saturated carbocycles. The summed E-state index contributed by atoms with van der Waals surface area (Å²) in [4.78, 5) is 19.0. The summed E-state index contributed by atoms with van der Waals surface area (Å²) in [7, 11) is 3.16. The Balaban J connectivity index is 1.57. The molecule has 1 aliphatic rings. The Morgan fingerprint density at radius 3 is 2.45 bits per heavy atom. The van der Waals surface area contributed by atoms with E-state index in [1.165, 1.54) is 0 Å². The Bertz CT molecular complexity index is 1040. The molecule has 4 rings (SSSR count). The van der Waals surface area contributed by atoms with E-state index in [2.05, 4.69) is 16.2 Å². The minimum absolute atomic E-state index is 0.0610. The van der Waals surface area contributed by atoms with Gasteiger partial charge in [-0.3, -0.25) is 4.79 Å². The van der Waals surface area contributed by atoms with Gasteiger partial charge in [0, 0.05) is 24.2 Å². The van der Waals surface area contributed by atoms with E-state index in [4.69, 9.17) is 14.0 Å². The van der Waals surface area contributed by atoms with Crippen LogP contribution in [0.15, 0.2) is 40.9 Å². The van der Waals surface area contributed by atoms with E-state index in [1.54, 1.807) is 31.3 Å². The van der Waals surface area contributed by atoms with Crippen molar-refractivity contribution in [2.24, 2.45) is 0 Å². The number of nitrogens with zero attached hydrogens (tertiary/aromatic N) is 3. The fraction of sp³-hybridized carbons (Fsp3) is 0.318. The molecule has 1 aromatic heterocycles. The number of aromatic nitrogens is 2. The highest BCUT2D eigenvalue weighted by atomic mass is 16.5. The normalized spacial score (nSPS) is 16.3. The number of aryl methyl sites for hydroxylation is 2. The summed E-state index contributed by atoms with van der Waals surface area (Å²) in [6.45, 7) is 4.58. The Hall–Kier alpha value is -3.35. The van der Waals surface area contributed by atoms with Gasteiger partial charge in [-0.2, -0.15) is 4.98 Å². The number of hydrogen-bond acceptors (Lipinski definition) is 6. The molecule has 7 heteroatoms. The molecule has 2 heterocycles.